The molecule has 0 amide bonds. The van der Waals surface area contributed by atoms with Crippen molar-refractivity contribution in [3.05, 3.63) is 66.2 Å². The highest BCUT2D eigenvalue weighted by molar-refractivity contribution is 6.12. The topological polar surface area (TPSA) is 12.9 Å². The zero-order valence-corrected chi connectivity index (χ0v) is 13.0. The van der Waals surface area contributed by atoms with Crippen molar-refractivity contribution in [3.8, 4) is 0 Å². The lowest BCUT2D eigenvalue weighted by molar-refractivity contribution is 0.653. The van der Waals surface area contributed by atoms with E-state index in [4.69, 9.17) is 4.98 Å². The van der Waals surface area contributed by atoms with Crippen LogP contribution in [0, 0.1) is 5.92 Å². The Kier molecular flexibility index (Phi) is 3.07. The Balaban J connectivity index is 2.24. The van der Waals surface area contributed by atoms with Crippen LogP contribution in [0.25, 0.3) is 32.6 Å². The van der Waals surface area contributed by atoms with Crippen molar-refractivity contribution < 1.29 is 0 Å². The molecular weight excluding hydrogens is 266 g/mol. The Hall–Kier alpha value is -2.41. The van der Waals surface area contributed by atoms with Gasteiger partial charge in [0.15, 0.2) is 0 Å². The van der Waals surface area contributed by atoms with Gasteiger partial charge in [0, 0.05) is 10.8 Å². The normalized spacial score (nSPS) is 11.8. The van der Waals surface area contributed by atoms with Gasteiger partial charge in [-0.15, -0.1) is 0 Å². The van der Waals surface area contributed by atoms with Crippen LogP contribution < -0.4 is 0 Å². The van der Waals surface area contributed by atoms with Gasteiger partial charge in [0.1, 0.15) is 0 Å². The number of pyridine rings is 1. The Labute approximate surface area is 130 Å². The molecule has 0 aliphatic rings. The molecule has 0 unspecified atom stereocenters. The molecule has 0 saturated carbocycles. The maximum absolute atomic E-state index is 4.90. The van der Waals surface area contributed by atoms with E-state index in [0.29, 0.717) is 5.92 Å². The second kappa shape index (κ2) is 5.10. The number of fused-ring (bicyclic) bond motifs is 4. The standard InChI is InChI=1S/C21H19N/c1-14(2)13-18-17-9-5-6-10-19(17)22-20-12-11-15-7-3-4-8-16(15)21(18)20/h3-12,14H,13H2,1-2H3. The third-order valence-electron chi connectivity index (χ3n) is 4.29. The van der Waals surface area contributed by atoms with Crippen molar-refractivity contribution in [2.24, 2.45) is 5.92 Å². The van der Waals surface area contributed by atoms with Gasteiger partial charge in [0.05, 0.1) is 11.0 Å². The second-order valence-electron chi connectivity index (χ2n) is 6.39. The van der Waals surface area contributed by atoms with Gasteiger partial charge in [-0.25, -0.2) is 4.98 Å². The van der Waals surface area contributed by atoms with Gasteiger partial charge in [0.25, 0.3) is 0 Å². The van der Waals surface area contributed by atoms with E-state index in [0.717, 1.165) is 17.5 Å². The van der Waals surface area contributed by atoms with E-state index in [1.165, 1.54) is 27.1 Å². The average molecular weight is 285 g/mol. The van der Waals surface area contributed by atoms with Crippen molar-refractivity contribution in [2.75, 3.05) is 0 Å². The minimum absolute atomic E-state index is 0.618. The maximum Gasteiger partial charge on any atom is 0.0718 e. The largest absolute Gasteiger partial charge is 0.248 e. The highest BCUT2D eigenvalue weighted by atomic mass is 14.7. The summed E-state index contributed by atoms with van der Waals surface area (Å²) >= 11 is 0. The fraction of sp³-hybridized carbons (Fsp3) is 0.190. The molecule has 4 aromatic rings. The molecule has 0 aliphatic heterocycles. The number of hydrogen-bond donors (Lipinski definition) is 0. The molecule has 0 N–H and O–H groups in total. The van der Waals surface area contributed by atoms with Crippen LogP contribution in [0.4, 0.5) is 0 Å². The third kappa shape index (κ3) is 2.05. The molecule has 1 aromatic heterocycles. The van der Waals surface area contributed by atoms with Crippen molar-refractivity contribution >= 4 is 32.6 Å². The van der Waals surface area contributed by atoms with Crippen molar-refractivity contribution in [3.63, 3.8) is 0 Å². The minimum Gasteiger partial charge on any atom is -0.248 e. The Morgan fingerprint density at radius 2 is 1.50 bits per heavy atom. The SMILES string of the molecule is CC(C)Cc1c2ccccc2nc2ccc3ccccc3c12. The summed E-state index contributed by atoms with van der Waals surface area (Å²) in [5.41, 5.74) is 3.64. The lowest BCUT2D eigenvalue weighted by Crippen LogP contribution is -1.99. The first-order valence-corrected chi connectivity index (χ1v) is 7.93. The van der Waals surface area contributed by atoms with E-state index in [2.05, 4.69) is 74.5 Å². The summed E-state index contributed by atoms with van der Waals surface area (Å²) in [6.45, 7) is 4.57. The molecule has 0 bridgehead atoms. The maximum atomic E-state index is 4.90. The smallest absolute Gasteiger partial charge is 0.0718 e. The van der Waals surface area contributed by atoms with Gasteiger partial charge in [0.2, 0.25) is 0 Å². The summed E-state index contributed by atoms with van der Waals surface area (Å²) < 4.78 is 0. The van der Waals surface area contributed by atoms with Gasteiger partial charge in [-0.05, 0) is 40.8 Å². The monoisotopic (exact) mass is 285 g/mol. The van der Waals surface area contributed by atoms with Crippen molar-refractivity contribution in [2.45, 2.75) is 20.3 Å². The van der Waals surface area contributed by atoms with Gasteiger partial charge in [-0.1, -0.05) is 62.4 Å². The van der Waals surface area contributed by atoms with E-state index in [1.54, 1.807) is 0 Å². The lowest BCUT2D eigenvalue weighted by Gasteiger charge is -2.14. The summed E-state index contributed by atoms with van der Waals surface area (Å²) in [7, 11) is 0. The van der Waals surface area contributed by atoms with Crippen molar-refractivity contribution in [1.82, 2.24) is 4.98 Å². The third-order valence-corrected chi connectivity index (χ3v) is 4.29. The highest BCUT2D eigenvalue weighted by Crippen LogP contribution is 2.33. The quantitative estimate of drug-likeness (QED) is 0.338. The van der Waals surface area contributed by atoms with Crippen LogP contribution in [0.5, 0.6) is 0 Å². The molecule has 0 atom stereocenters. The summed E-state index contributed by atoms with van der Waals surface area (Å²) in [6.07, 6.45) is 1.08. The molecule has 1 nitrogen and oxygen atoms in total. The Morgan fingerprint density at radius 3 is 2.32 bits per heavy atom. The van der Waals surface area contributed by atoms with Crippen LogP contribution in [0.1, 0.15) is 19.4 Å². The number of rotatable bonds is 2. The summed E-state index contributed by atoms with van der Waals surface area (Å²) in [5, 5.41) is 5.22. The van der Waals surface area contributed by atoms with E-state index < -0.39 is 0 Å². The van der Waals surface area contributed by atoms with Gasteiger partial charge >= 0.3 is 0 Å². The predicted molar refractivity (Wildman–Crippen MR) is 95.3 cm³/mol. The number of nitrogens with zero attached hydrogens (tertiary/aromatic N) is 1. The van der Waals surface area contributed by atoms with Crippen LogP contribution in [0.15, 0.2) is 60.7 Å². The van der Waals surface area contributed by atoms with Crippen LogP contribution in [0.2, 0.25) is 0 Å². The van der Waals surface area contributed by atoms with Crippen LogP contribution in [-0.4, -0.2) is 4.98 Å². The number of aromatic nitrogens is 1. The minimum atomic E-state index is 0.618. The van der Waals surface area contributed by atoms with Gasteiger partial charge in [-0.2, -0.15) is 0 Å². The zero-order valence-electron chi connectivity index (χ0n) is 13.0. The van der Waals surface area contributed by atoms with E-state index in [1.807, 2.05) is 0 Å². The molecule has 0 saturated heterocycles. The molecule has 0 spiro atoms. The molecule has 1 heterocycles. The zero-order chi connectivity index (χ0) is 15.1. The first-order chi connectivity index (χ1) is 10.7. The first-order valence-electron chi connectivity index (χ1n) is 7.93. The van der Waals surface area contributed by atoms with Crippen LogP contribution in [0.3, 0.4) is 0 Å². The molecule has 3 aromatic carbocycles. The summed E-state index contributed by atoms with van der Waals surface area (Å²) in [5.74, 6) is 0.618. The Bertz CT molecular complexity index is 983. The Morgan fingerprint density at radius 1 is 0.773 bits per heavy atom. The van der Waals surface area contributed by atoms with Crippen LogP contribution in [-0.2, 0) is 6.42 Å². The van der Waals surface area contributed by atoms with Crippen molar-refractivity contribution in [1.29, 1.82) is 0 Å². The fourth-order valence-corrected chi connectivity index (χ4v) is 3.38. The number of benzene rings is 3. The molecule has 0 fully saturated rings. The molecule has 22 heavy (non-hydrogen) atoms. The van der Waals surface area contributed by atoms with Gasteiger partial charge in [-0.3, -0.25) is 0 Å². The number of para-hydroxylation sites is 1. The molecule has 4 rings (SSSR count). The molecule has 0 aliphatic carbocycles. The van der Waals surface area contributed by atoms with Gasteiger partial charge < -0.3 is 0 Å². The van der Waals surface area contributed by atoms with E-state index in [-0.39, 0.29) is 0 Å². The summed E-state index contributed by atoms with van der Waals surface area (Å²) in [4.78, 5) is 4.90. The molecular formula is C21H19N. The molecule has 108 valence electrons. The summed E-state index contributed by atoms with van der Waals surface area (Å²) in [6, 6.07) is 21.5. The highest BCUT2D eigenvalue weighted by Gasteiger charge is 2.12. The average Bonchev–Trinajstić information content (AvgIpc) is 2.54. The van der Waals surface area contributed by atoms with E-state index in [9.17, 15) is 0 Å². The first kappa shape index (κ1) is 13.3. The number of hydrogen-bond acceptors (Lipinski definition) is 1. The molecule has 0 radical (unpaired) electrons. The second-order valence-corrected chi connectivity index (χ2v) is 6.39. The molecule has 1 heteroatoms. The lowest BCUT2D eigenvalue weighted by atomic mass is 9.92. The predicted octanol–water partition coefficient (Wildman–Crippen LogP) is 5.74. The van der Waals surface area contributed by atoms with E-state index >= 15 is 0 Å². The van der Waals surface area contributed by atoms with Crippen LogP contribution >= 0.6 is 0 Å². The fourth-order valence-electron chi connectivity index (χ4n) is 3.38.